The molecule has 1 N–H and O–H groups in total. The molecular formula is C45H64O. The van der Waals surface area contributed by atoms with Crippen LogP contribution in [-0.4, -0.2) is 10.7 Å². The van der Waals surface area contributed by atoms with Gasteiger partial charge in [0.1, 0.15) is 0 Å². The van der Waals surface area contributed by atoms with E-state index in [-0.39, 0.29) is 5.92 Å². The molecule has 0 bridgehead atoms. The third-order valence-corrected chi connectivity index (χ3v) is 7.09. The molecule has 0 amide bonds. The fourth-order valence-electron chi connectivity index (χ4n) is 4.02. The zero-order valence-corrected chi connectivity index (χ0v) is 31.2. The summed E-state index contributed by atoms with van der Waals surface area (Å²) < 4.78 is 0. The summed E-state index contributed by atoms with van der Waals surface area (Å²) in [5.41, 5.74) is 9.25. The molecule has 0 aliphatic heterocycles. The second-order valence-electron chi connectivity index (χ2n) is 13.3. The van der Waals surface area contributed by atoms with Crippen LogP contribution in [0.5, 0.6) is 0 Å². The molecule has 1 nitrogen and oxygen atoms in total. The topological polar surface area (TPSA) is 20.2 Å². The van der Waals surface area contributed by atoms with E-state index in [4.69, 9.17) is 0 Å². The lowest BCUT2D eigenvalue weighted by atomic mass is 9.87. The van der Waals surface area contributed by atoms with Gasteiger partial charge in [-0.1, -0.05) is 166 Å². The molecule has 0 aromatic heterocycles. The van der Waals surface area contributed by atoms with Gasteiger partial charge in [0, 0.05) is 5.92 Å². The fourth-order valence-corrected chi connectivity index (χ4v) is 4.02. The summed E-state index contributed by atoms with van der Waals surface area (Å²) in [6, 6.07) is 0. The summed E-state index contributed by atoms with van der Waals surface area (Å²) in [7, 11) is 0. The van der Waals surface area contributed by atoms with E-state index in [1.165, 1.54) is 39.0 Å². The van der Waals surface area contributed by atoms with E-state index in [9.17, 15) is 5.11 Å². The second kappa shape index (κ2) is 24.5. The van der Waals surface area contributed by atoms with E-state index in [2.05, 4.69) is 191 Å². The third-order valence-electron chi connectivity index (χ3n) is 7.09. The monoisotopic (exact) mass is 620 g/mol. The molecule has 0 unspecified atom stereocenters. The predicted octanol–water partition coefficient (Wildman–Crippen LogP) is 13.5. The van der Waals surface area contributed by atoms with Gasteiger partial charge in [-0.05, 0) is 102 Å². The Labute approximate surface area is 284 Å². The molecular weight excluding hydrogens is 556 g/mol. The predicted molar refractivity (Wildman–Crippen MR) is 210 cm³/mol. The van der Waals surface area contributed by atoms with Crippen molar-refractivity contribution in [3.05, 3.63) is 166 Å². The molecule has 46 heavy (non-hydrogen) atoms. The zero-order valence-electron chi connectivity index (χ0n) is 31.2. The highest BCUT2D eigenvalue weighted by Crippen LogP contribution is 2.23. The fraction of sp³-hybridized carbons (Fsp3) is 0.378. The number of hydrogen-bond acceptors (Lipinski definition) is 1. The van der Waals surface area contributed by atoms with Gasteiger partial charge >= 0.3 is 0 Å². The van der Waals surface area contributed by atoms with Crippen LogP contribution in [0.4, 0.5) is 0 Å². The highest BCUT2D eigenvalue weighted by molar-refractivity contribution is 5.33. The minimum absolute atomic E-state index is 0.0781. The van der Waals surface area contributed by atoms with Crippen molar-refractivity contribution < 1.29 is 5.11 Å². The van der Waals surface area contributed by atoms with Gasteiger partial charge in [-0.25, -0.2) is 0 Å². The smallest absolute Gasteiger partial charge is 0.0657 e. The molecule has 0 aliphatic rings. The van der Waals surface area contributed by atoms with Crippen molar-refractivity contribution in [3.63, 3.8) is 0 Å². The van der Waals surface area contributed by atoms with Crippen molar-refractivity contribution >= 4 is 0 Å². The molecule has 0 heterocycles. The summed E-state index contributed by atoms with van der Waals surface area (Å²) in [4.78, 5) is 0. The molecule has 0 fully saturated rings. The second-order valence-corrected chi connectivity index (χ2v) is 13.3. The molecule has 0 spiro atoms. The van der Waals surface area contributed by atoms with Crippen LogP contribution >= 0.6 is 0 Å². The SMILES string of the molecule is CC(C)=CCC/C(C)=C/C=C/C(C)=C/C=C/C(C)=C/C=C/C=C(C)/C=C/C=C(C)/C=C/C=C(C)/C=C/[C@H](CC=C(C)C)C(C)(C)O. The lowest BCUT2D eigenvalue weighted by Gasteiger charge is -2.26. The van der Waals surface area contributed by atoms with Crippen LogP contribution in [0.15, 0.2) is 166 Å². The standard InChI is InChI=1S/C45H64O/c1-36(2)20-15-23-40(7)26-18-29-41(8)27-16-24-38(5)21-13-14-22-39(6)25-17-28-42(9)30-19-31-43(10)33-35-44(45(11,12)46)34-32-37(3)4/h13-14,16-22,24-33,35,44,46H,15,23,34H2,1-12H3/b14-13+,24-16+,25-17+,29-18+,30-19+,35-33+,38-21+,39-22+,40-26+,41-27+,42-28+,43-31+/t44-/m0/s1. The first-order chi connectivity index (χ1) is 21.6. The minimum Gasteiger partial charge on any atom is -0.390 e. The Bertz CT molecular complexity index is 1340. The van der Waals surface area contributed by atoms with Crippen LogP contribution in [0.1, 0.15) is 102 Å². The maximum absolute atomic E-state index is 10.5. The Morgan fingerprint density at radius 3 is 1.26 bits per heavy atom. The number of hydrogen-bond donors (Lipinski definition) is 1. The van der Waals surface area contributed by atoms with Gasteiger partial charge in [0.2, 0.25) is 0 Å². The van der Waals surface area contributed by atoms with E-state index in [1.54, 1.807) is 0 Å². The number of aliphatic hydroxyl groups is 1. The molecule has 0 saturated heterocycles. The first-order valence-electron chi connectivity index (χ1n) is 16.7. The van der Waals surface area contributed by atoms with Crippen LogP contribution in [0.2, 0.25) is 0 Å². The molecule has 0 radical (unpaired) electrons. The van der Waals surface area contributed by atoms with Crippen molar-refractivity contribution in [2.75, 3.05) is 0 Å². The maximum Gasteiger partial charge on any atom is 0.0657 e. The number of rotatable bonds is 18. The van der Waals surface area contributed by atoms with Gasteiger partial charge in [0.05, 0.1) is 5.60 Å². The molecule has 250 valence electrons. The summed E-state index contributed by atoms with van der Waals surface area (Å²) in [5, 5.41) is 10.5. The zero-order chi connectivity index (χ0) is 35.0. The third kappa shape index (κ3) is 25.6. The van der Waals surface area contributed by atoms with E-state index in [0.717, 1.165) is 24.8 Å². The van der Waals surface area contributed by atoms with E-state index in [1.807, 2.05) is 13.8 Å². The van der Waals surface area contributed by atoms with Gasteiger partial charge in [-0.2, -0.15) is 0 Å². The molecule has 0 saturated carbocycles. The molecule has 1 atom stereocenters. The van der Waals surface area contributed by atoms with Gasteiger partial charge in [-0.15, -0.1) is 0 Å². The van der Waals surface area contributed by atoms with Crippen molar-refractivity contribution in [1.82, 2.24) is 0 Å². The van der Waals surface area contributed by atoms with E-state index >= 15 is 0 Å². The Morgan fingerprint density at radius 1 is 0.500 bits per heavy atom. The lowest BCUT2D eigenvalue weighted by molar-refractivity contribution is 0.0380. The highest BCUT2D eigenvalue weighted by Gasteiger charge is 2.23. The molecule has 0 rings (SSSR count). The largest absolute Gasteiger partial charge is 0.390 e. The lowest BCUT2D eigenvalue weighted by Crippen LogP contribution is -2.29. The van der Waals surface area contributed by atoms with E-state index in [0.29, 0.717) is 0 Å². The highest BCUT2D eigenvalue weighted by atomic mass is 16.3. The van der Waals surface area contributed by atoms with Crippen LogP contribution < -0.4 is 0 Å². The number of allylic oxidation sites excluding steroid dienone is 27. The van der Waals surface area contributed by atoms with Crippen LogP contribution in [0, 0.1) is 5.92 Å². The van der Waals surface area contributed by atoms with Crippen molar-refractivity contribution in [1.29, 1.82) is 0 Å². The van der Waals surface area contributed by atoms with Crippen molar-refractivity contribution in [2.45, 2.75) is 108 Å². The van der Waals surface area contributed by atoms with E-state index < -0.39 is 5.60 Å². The van der Waals surface area contributed by atoms with Crippen LogP contribution in [0.3, 0.4) is 0 Å². The molecule has 0 aromatic rings. The molecule has 0 aromatic carbocycles. The maximum atomic E-state index is 10.5. The summed E-state index contributed by atoms with van der Waals surface area (Å²) in [6.07, 6.45) is 45.6. The summed E-state index contributed by atoms with van der Waals surface area (Å²) >= 11 is 0. The average Bonchev–Trinajstić information content (AvgIpc) is 2.94. The Kier molecular flexibility index (Phi) is 22.6. The average molecular weight is 621 g/mol. The Hall–Kier alpha value is -3.68. The van der Waals surface area contributed by atoms with Crippen molar-refractivity contribution in [2.24, 2.45) is 5.92 Å². The van der Waals surface area contributed by atoms with Gasteiger partial charge in [-0.3, -0.25) is 0 Å². The molecule has 0 aliphatic carbocycles. The normalized spacial score (nSPS) is 15.9. The minimum atomic E-state index is -0.753. The van der Waals surface area contributed by atoms with Crippen LogP contribution in [0.25, 0.3) is 0 Å². The first kappa shape index (κ1) is 42.3. The Morgan fingerprint density at radius 2 is 0.870 bits per heavy atom. The quantitative estimate of drug-likeness (QED) is 0.119. The van der Waals surface area contributed by atoms with Gasteiger partial charge in [0.15, 0.2) is 0 Å². The molecule has 1 heteroatoms. The summed E-state index contributed by atoms with van der Waals surface area (Å²) in [6.45, 7) is 25.0. The Balaban J connectivity index is 4.93. The first-order valence-corrected chi connectivity index (χ1v) is 16.7. The van der Waals surface area contributed by atoms with Gasteiger partial charge < -0.3 is 5.11 Å². The van der Waals surface area contributed by atoms with Crippen LogP contribution in [-0.2, 0) is 0 Å². The van der Waals surface area contributed by atoms with Gasteiger partial charge in [0.25, 0.3) is 0 Å². The summed E-state index contributed by atoms with van der Waals surface area (Å²) in [5.74, 6) is 0.0781. The van der Waals surface area contributed by atoms with Crippen molar-refractivity contribution in [3.8, 4) is 0 Å².